The van der Waals surface area contributed by atoms with Crippen LogP contribution in [-0.4, -0.2) is 66.2 Å². The van der Waals surface area contributed by atoms with Crippen LogP contribution in [0.15, 0.2) is 0 Å². The third-order valence-electron chi connectivity index (χ3n) is 3.65. The summed E-state index contributed by atoms with van der Waals surface area (Å²) >= 11 is 0. The molecule has 0 bridgehead atoms. The van der Waals surface area contributed by atoms with Gasteiger partial charge in [0.15, 0.2) is 0 Å². The van der Waals surface area contributed by atoms with Crippen LogP contribution < -0.4 is 5.32 Å². The normalized spacial score (nSPS) is 29.5. The van der Waals surface area contributed by atoms with Crippen molar-refractivity contribution in [3.63, 3.8) is 0 Å². The van der Waals surface area contributed by atoms with Crippen LogP contribution in [0, 0.1) is 5.41 Å². The van der Waals surface area contributed by atoms with E-state index >= 15 is 0 Å². The van der Waals surface area contributed by atoms with Crippen molar-refractivity contribution in [2.75, 3.05) is 39.3 Å². The van der Waals surface area contributed by atoms with Crippen molar-refractivity contribution >= 4 is 12.0 Å². The summed E-state index contributed by atoms with van der Waals surface area (Å²) in [5, 5.41) is 12.3. The number of nitrogens with zero attached hydrogens (tertiary/aromatic N) is 2. The van der Waals surface area contributed by atoms with Crippen molar-refractivity contribution in [3.05, 3.63) is 0 Å². The predicted molar refractivity (Wildman–Crippen MR) is 61.8 cm³/mol. The van der Waals surface area contributed by atoms with Gasteiger partial charge in [-0.1, -0.05) is 0 Å². The van der Waals surface area contributed by atoms with Gasteiger partial charge >= 0.3 is 12.0 Å². The number of hydrogen-bond acceptors (Lipinski definition) is 3. The Morgan fingerprint density at radius 3 is 2.35 bits per heavy atom. The highest BCUT2D eigenvalue weighted by atomic mass is 16.4. The van der Waals surface area contributed by atoms with Gasteiger partial charge in [0.05, 0.1) is 5.41 Å². The molecular weight excluding hydrogens is 222 g/mol. The van der Waals surface area contributed by atoms with Crippen molar-refractivity contribution in [2.45, 2.75) is 13.3 Å². The van der Waals surface area contributed by atoms with Gasteiger partial charge < -0.3 is 20.2 Å². The average Bonchev–Trinajstić information content (AvgIpc) is 2.74. The SMILES string of the molecule is CC1(C(=O)O)CCN(C(=O)N2CCNCC2)C1. The van der Waals surface area contributed by atoms with Crippen molar-refractivity contribution in [1.82, 2.24) is 15.1 Å². The Labute approximate surface area is 101 Å². The molecule has 0 aromatic rings. The molecule has 6 heteroatoms. The van der Waals surface area contributed by atoms with Gasteiger partial charge in [0.25, 0.3) is 0 Å². The van der Waals surface area contributed by atoms with Crippen LogP contribution >= 0.6 is 0 Å². The summed E-state index contributed by atoms with van der Waals surface area (Å²) in [6.07, 6.45) is 0.542. The number of likely N-dealkylation sites (tertiary alicyclic amines) is 1. The molecule has 2 rings (SSSR count). The zero-order valence-corrected chi connectivity index (χ0v) is 10.1. The van der Waals surface area contributed by atoms with Crippen LogP contribution in [0.25, 0.3) is 0 Å². The summed E-state index contributed by atoms with van der Waals surface area (Å²) in [5.74, 6) is -0.812. The first-order valence-electron chi connectivity index (χ1n) is 6.01. The number of carbonyl (C=O) groups excluding carboxylic acids is 1. The van der Waals surface area contributed by atoms with E-state index in [1.807, 2.05) is 0 Å². The summed E-state index contributed by atoms with van der Waals surface area (Å²) in [7, 11) is 0. The van der Waals surface area contributed by atoms with Gasteiger partial charge in [-0.15, -0.1) is 0 Å². The summed E-state index contributed by atoms with van der Waals surface area (Å²) in [6.45, 7) is 5.63. The fourth-order valence-electron chi connectivity index (χ4n) is 2.36. The number of amides is 2. The highest BCUT2D eigenvalue weighted by Crippen LogP contribution is 2.30. The van der Waals surface area contributed by atoms with Crippen LogP contribution in [0.4, 0.5) is 4.79 Å². The van der Waals surface area contributed by atoms with Crippen molar-refractivity contribution < 1.29 is 14.7 Å². The maximum Gasteiger partial charge on any atom is 0.320 e. The second-order valence-corrected chi connectivity index (χ2v) is 5.06. The first-order valence-corrected chi connectivity index (χ1v) is 6.01. The number of piperazine rings is 1. The summed E-state index contributed by atoms with van der Waals surface area (Å²) in [6, 6.07) is -0.0172. The largest absolute Gasteiger partial charge is 0.481 e. The second-order valence-electron chi connectivity index (χ2n) is 5.06. The Morgan fingerprint density at radius 1 is 1.18 bits per heavy atom. The summed E-state index contributed by atoms with van der Waals surface area (Å²) in [4.78, 5) is 26.7. The quantitative estimate of drug-likeness (QED) is 0.667. The van der Waals surface area contributed by atoms with Gasteiger partial charge in [-0.2, -0.15) is 0 Å². The number of urea groups is 1. The van der Waals surface area contributed by atoms with Crippen molar-refractivity contribution in [3.8, 4) is 0 Å². The number of hydrogen-bond donors (Lipinski definition) is 2. The molecule has 2 amide bonds. The number of carbonyl (C=O) groups is 2. The zero-order valence-electron chi connectivity index (χ0n) is 10.1. The molecule has 2 saturated heterocycles. The lowest BCUT2D eigenvalue weighted by Crippen LogP contribution is -2.51. The predicted octanol–water partition coefficient (Wildman–Crippen LogP) is -0.192. The smallest absolute Gasteiger partial charge is 0.320 e. The molecule has 2 aliphatic rings. The Hall–Kier alpha value is -1.30. The molecule has 2 fully saturated rings. The molecule has 96 valence electrons. The Balaban J connectivity index is 1.95. The molecule has 2 aliphatic heterocycles. The van der Waals surface area contributed by atoms with Crippen LogP contribution in [0.2, 0.25) is 0 Å². The molecule has 2 N–H and O–H groups in total. The van der Waals surface area contributed by atoms with E-state index in [1.54, 1.807) is 16.7 Å². The second kappa shape index (κ2) is 4.52. The monoisotopic (exact) mass is 241 g/mol. The van der Waals surface area contributed by atoms with E-state index in [0.717, 1.165) is 13.1 Å². The van der Waals surface area contributed by atoms with Gasteiger partial charge in [0, 0.05) is 39.3 Å². The van der Waals surface area contributed by atoms with Gasteiger partial charge in [0.2, 0.25) is 0 Å². The lowest BCUT2D eigenvalue weighted by atomic mass is 9.90. The zero-order chi connectivity index (χ0) is 12.5. The third kappa shape index (κ3) is 2.36. The van der Waals surface area contributed by atoms with Crippen LogP contribution in [0.3, 0.4) is 0 Å². The molecule has 0 aromatic carbocycles. The number of nitrogens with one attached hydrogen (secondary N) is 1. The highest BCUT2D eigenvalue weighted by Gasteiger charge is 2.43. The Kier molecular flexibility index (Phi) is 3.24. The maximum absolute atomic E-state index is 12.1. The molecule has 17 heavy (non-hydrogen) atoms. The molecule has 0 saturated carbocycles. The molecule has 0 radical (unpaired) electrons. The van der Waals surface area contributed by atoms with Crippen molar-refractivity contribution in [2.24, 2.45) is 5.41 Å². The van der Waals surface area contributed by atoms with E-state index in [-0.39, 0.29) is 6.03 Å². The third-order valence-corrected chi connectivity index (χ3v) is 3.65. The average molecular weight is 241 g/mol. The standard InChI is InChI=1S/C11H19N3O3/c1-11(9(15)16)2-5-14(8-11)10(17)13-6-3-12-4-7-13/h12H,2-8H2,1H3,(H,15,16). The van der Waals surface area contributed by atoms with Gasteiger partial charge in [-0.3, -0.25) is 4.79 Å². The van der Waals surface area contributed by atoms with Crippen LogP contribution in [0.1, 0.15) is 13.3 Å². The molecule has 0 spiro atoms. The number of carboxylic acids is 1. The Morgan fingerprint density at radius 2 is 1.82 bits per heavy atom. The first-order chi connectivity index (χ1) is 8.03. The highest BCUT2D eigenvalue weighted by molar-refractivity contribution is 5.79. The number of rotatable bonds is 1. The van der Waals surface area contributed by atoms with Crippen molar-refractivity contribution in [1.29, 1.82) is 0 Å². The molecule has 6 nitrogen and oxygen atoms in total. The maximum atomic E-state index is 12.1. The lowest BCUT2D eigenvalue weighted by Gasteiger charge is -2.31. The molecule has 1 atom stereocenters. The summed E-state index contributed by atoms with van der Waals surface area (Å²) < 4.78 is 0. The Bertz CT molecular complexity index is 328. The molecule has 2 heterocycles. The van der Waals surface area contributed by atoms with E-state index < -0.39 is 11.4 Å². The number of carboxylic acid groups (broad SMARTS) is 1. The molecular formula is C11H19N3O3. The lowest BCUT2D eigenvalue weighted by molar-refractivity contribution is -0.147. The van der Waals surface area contributed by atoms with Gasteiger partial charge in [-0.25, -0.2) is 4.79 Å². The fraction of sp³-hybridized carbons (Fsp3) is 0.818. The molecule has 1 unspecified atom stereocenters. The van der Waals surface area contributed by atoms with E-state index in [2.05, 4.69) is 5.32 Å². The summed E-state index contributed by atoms with van der Waals surface area (Å²) in [5.41, 5.74) is -0.774. The minimum Gasteiger partial charge on any atom is -0.481 e. The topological polar surface area (TPSA) is 72.9 Å². The number of aliphatic carboxylic acids is 1. The van der Waals surface area contributed by atoms with Crippen LogP contribution in [0.5, 0.6) is 0 Å². The first kappa shape index (κ1) is 12.2. The van der Waals surface area contributed by atoms with E-state index in [9.17, 15) is 9.59 Å². The fourth-order valence-corrected chi connectivity index (χ4v) is 2.36. The van der Waals surface area contributed by atoms with E-state index in [4.69, 9.17) is 5.11 Å². The minimum atomic E-state index is -0.812. The van der Waals surface area contributed by atoms with E-state index in [0.29, 0.717) is 32.6 Å². The molecule has 0 aliphatic carbocycles. The van der Waals surface area contributed by atoms with Crippen LogP contribution in [-0.2, 0) is 4.79 Å². The van der Waals surface area contributed by atoms with E-state index in [1.165, 1.54) is 0 Å². The van der Waals surface area contributed by atoms with Gasteiger partial charge in [0.1, 0.15) is 0 Å². The molecule has 0 aromatic heterocycles. The van der Waals surface area contributed by atoms with Gasteiger partial charge in [-0.05, 0) is 13.3 Å². The minimum absolute atomic E-state index is 0.0172.